The van der Waals surface area contributed by atoms with Crippen LogP contribution < -0.4 is 4.90 Å². The first-order valence-corrected chi connectivity index (χ1v) is 10.9. The number of rotatable bonds is 3. The fourth-order valence-electron chi connectivity index (χ4n) is 4.98. The van der Waals surface area contributed by atoms with Gasteiger partial charge in [-0.1, -0.05) is 17.7 Å². The first-order chi connectivity index (χ1) is 15.5. The fraction of sp³-hybridized carbons (Fsp3) is 0.333. The summed E-state index contributed by atoms with van der Waals surface area (Å²) in [6.45, 7) is 7.22. The Hall–Kier alpha value is -3.68. The molecule has 4 aromatic rings. The number of nitrogens with zero attached hydrogens (tertiary/aromatic N) is 6. The van der Waals surface area contributed by atoms with Crippen LogP contribution in [0.25, 0.3) is 16.8 Å². The van der Waals surface area contributed by atoms with Crippen molar-refractivity contribution in [1.82, 2.24) is 24.9 Å². The Balaban J connectivity index is 1.20. The number of likely N-dealkylation sites (tertiary alicyclic amines) is 1. The Bertz CT molecular complexity index is 1300. The molecule has 0 radical (unpaired) electrons. The highest BCUT2D eigenvalue weighted by atomic mass is 16.4. The fourth-order valence-corrected chi connectivity index (χ4v) is 4.98. The molecule has 2 fully saturated rings. The van der Waals surface area contributed by atoms with Crippen LogP contribution in [0.3, 0.4) is 0 Å². The van der Waals surface area contributed by atoms with Gasteiger partial charge in [0.25, 0.3) is 11.9 Å². The zero-order chi connectivity index (χ0) is 21.8. The van der Waals surface area contributed by atoms with Crippen LogP contribution in [0, 0.1) is 25.7 Å². The van der Waals surface area contributed by atoms with Crippen molar-refractivity contribution < 1.29 is 9.21 Å². The highest BCUT2D eigenvalue weighted by Gasteiger charge is 2.43. The molecule has 0 N–H and O–H groups in total. The Morgan fingerprint density at radius 3 is 2.38 bits per heavy atom. The van der Waals surface area contributed by atoms with E-state index in [-0.39, 0.29) is 5.91 Å². The molecule has 0 saturated carbocycles. The second kappa shape index (κ2) is 7.19. The van der Waals surface area contributed by atoms with E-state index >= 15 is 0 Å². The van der Waals surface area contributed by atoms with Crippen molar-refractivity contribution in [3.63, 3.8) is 0 Å². The van der Waals surface area contributed by atoms with Crippen LogP contribution in [0.4, 0.5) is 6.01 Å². The average molecular weight is 428 g/mol. The summed E-state index contributed by atoms with van der Waals surface area (Å²) in [6.07, 6.45) is 3.24. The zero-order valence-corrected chi connectivity index (χ0v) is 18.1. The van der Waals surface area contributed by atoms with E-state index in [0.29, 0.717) is 29.1 Å². The van der Waals surface area contributed by atoms with Crippen LogP contribution in [0.2, 0.25) is 0 Å². The van der Waals surface area contributed by atoms with E-state index in [1.54, 1.807) is 12.4 Å². The standard InChI is InChI=1S/C24H24N6O2/c1-15-3-5-21(30-25-7-8-26-30)19(9-15)23(31)28-11-17-13-29(14-18(17)12-28)24-27-20-10-16(2)4-6-22(20)32-24/h3-10,17-18H,11-14H2,1-2H3. The second-order valence-corrected chi connectivity index (χ2v) is 8.94. The molecule has 0 bridgehead atoms. The molecular weight excluding hydrogens is 404 g/mol. The largest absolute Gasteiger partial charge is 0.423 e. The Morgan fingerprint density at radius 2 is 1.62 bits per heavy atom. The summed E-state index contributed by atoms with van der Waals surface area (Å²) in [5.41, 5.74) is 5.29. The maximum atomic E-state index is 13.5. The quantitative estimate of drug-likeness (QED) is 0.498. The number of anilines is 1. The molecule has 2 aromatic carbocycles. The van der Waals surface area contributed by atoms with Crippen molar-refractivity contribution in [1.29, 1.82) is 0 Å². The van der Waals surface area contributed by atoms with Crippen molar-refractivity contribution >= 4 is 23.0 Å². The summed E-state index contributed by atoms with van der Waals surface area (Å²) in [5.74, 6) is 0.859. The molecule has 0 aliphatic carbocycles. The van der Waals surface area contributed by atoms with Gasteiger partial charge in [0.15, 0.2) is 5.58 Å². The normalized spacial score (nSPS) is 20.3. The average Bonchev–Trinajstić information content (AvgIpc) is 3.54. The smallest absolute Gasteiger partial charge is 0.298 e. The van der Waals surface area contributed by atoms with E-state index < -0.39 is 0 Å². The molecule has 2 aliphatic heterocycles. The summed E-state index contributed by atoms with van der Waals surface area (Å²) < 4.78 is 6.00. The van der Waals surface area contributed by atoms with Crippen LogP contribution in [0.1, 0.15) is 21.5 Å². The van der Waals surface area contributed by atoms with Gasteiger partial charge in [-0.2, -0.15) is 20.0 Å². The van der Waals surface area contributed by atoms with Crippen molar-refractivity contribution in [2.24, 2.45) is 11.8 Å². The molecule has 2 unspecified atom stereocenters. The number of amides is 1. The number of hydrogen-bond donors (Lipinski definition) is 0. The lowest BCUT2D eigenvalue weighted by molar-refractivity contribution is 0.0782. The zero-order valence-electron chi connectivity index (χ0n) is 18.1. The van der Waals surface area contributed by atoms with E-state index in [1.807, 2.05) is 48.2 Å². The van der Waals surface area contributed by atoms with Crippen molar-refractivity contribution in [2.75, 3.05) is 31.1 Å². The van der Waals surface area contributed by atoms with Gasteiger partial charge < -0.3 is 14.2 Å². The SMILES string of the molecule is Cc1ccc(-n2nccn2)c(C(=O)N2CC3CN(c4nc5cc(C)ccc5o4)CC3C2)c1. The van der Waals surface area contributed by atoms with E-state index in [9.17, 15) is 4.79 Å². The lowest BCUT2D eigenvalue weighted by Crippen LogP contribution is -2.34. The summed E-state index contributed by atoms with van der Waals surface area (Å²) in [7, 11) is 0. The molecule has 8 heteroatoms. The van der Waals surface area contributed by atoms with Crippen LogP contribution in [-0.2, 0) is 0 Å². The monoisotopic (exact) mass is 428 g/mol. The molecule has 1 amide bonds. The third-order valence-electron chi connectivity index (χ3n) is 6.59. The third kappa shape index (κ3) is 3.14. The molecule has 4 heterocycles. The molecule has 2 saturated heterocycles. The third-order valence-corrected chi connectivity index (χ3v) is 6.59. The van der Waals surface area contributed by atoms with E-state index in [2.05, 4.69) is 22.0 Å². The van der Waals surface area contributed by atoms with Crippen LogP contribution in [-0.4, -0.2) is 57.0 Å². The topological polar surface area (TPSA) is 80.3 Å². The maximum absolute atomic E-state index is 13.5. The van der Waals surface area contributed by atoms with Gasteiger partial charge in [-0.25, -0.2) is 0 Å². The summed E-state index contributed by atoms with van der Waals surface area (Å²) in [6, 6.07) is 12.6. The highest BCUT2D eigenvalue weighted by Crippen LogP contribution is 2.36. The molecule has 8 nitrogen and oxygen atoms in total. The Morgan fingerprint density at radius 1 is 0.938 bits per heavy atom. The van der Waals surface area contributed by atoms with Crippen LogP contribution >= 0.6 is 0 Å². The van der Waals surface area contributed by atoms with Crippen molar-refractivity contribution in [3.05, 3.63) is 65.5 Å². The Kier molecular flexibility index (Phi) is 4.28. The van der Waals surface area contributed by atoms with E-state index in [4.69, 9.17) is 9.40 Å². The van der Waals surface area contributed by atoms with Gasteiger partial charge in [-0.3, -0.25) is 4.79 Å². The summed E-state index contributed by atoms with van der Waals surface area (Å²) in [4.78, 5) is 23.9. The van der Waals surface area contributed by atoms with Gasteiger partial charge in [-0.05, 0) is 43.7 Å². The second-order valence-electron chi connectivity index (χ2n) is 8.94. The van der Waals surface area contributed by atoms with Crippen LogP contribution in [0.5, 0.6) is 0 Å². The van der Waals surface area contributed by atoms with E-state index in [1.165, 1.54) is 10.4 Å². The van der Waals surface area contributed by atoms with E-state index in [0.717, 1.165) is 42.8 Å². The molecule has 32 heavy (non-hydrogen) atoms. The number of aryl methyl sites for hydroxylation is 2. The summed E-state index contributed by atoms with van der Waals surface area (Å²) >= 11 is 0. The number of carbonyl (C=O) groups is 1. The highest BCUT2D eigenvalue weighted by molar-refractivity contribution is 5.98. The molecule has 0 spiro atoms. The lowest BCUT2D eigenvalue weighted by atomic mass is 10.0. The first kappa shape index (κ1) is 19.0. The van der Waals surface area contributed by atoms with Gasteiger partial charge in [0.05, 0.1) is 23.6 Å². The number of carbonyl (C=O) groups excluding carboxylic acids is 1. The number of aromatic nitrogens is 4. The molecular formula is C24H24N6O2. The molecule has 6 rings (SSSR count). The molecule has 2 aromatic heterocycles. The maximum Gasteiger partial charge on any atom is 0.298 e. The minimum absolute atomic E-state index is 0.0410. The van der Waals surface area contributed by atoms with Crippen LogP contribution in [0.15, 0.2) is 53.2 Å². The number of fused-ring (bicyclic) bond motifs is 2. The minimum atomic E-state index is 0.0410. The van der Waals surface area contributed by atoms with Crippen molar-refractivity contribution in [2.45, 2.75) is 13.8 Å². The van der Waals surface area contributed by atoms with Gasteiger partial charge in [0.2, 0.25) is 0 Å². The van der Waals surface area contributed by atoms with Crippen molar-refractivity contribution in [3.8, 4) is 5.69 Å². The Labute approximate surface area is 185 Å². The van der Waals surface area contributed by atoms with Gasteiger partial charge in [0, 0.05) is 38.0 Å². The predicted molar refractivity (Wildman–Crippen MR) is 120 cm³/mol. The number of oxazole rings is 1. The molecule has 2 atom stereocenters. The predicted octanol–water partition coefficient (Wildman–Crippen LogP) is 3.23. The lowest BCUT2D eigenvalue weighted by Gasteiger charge is -2.22. The van der Waals surface area contributed by atoms with Gasteiger partial charge in [0.1, 0.15) is 5.52 Å². The van der Waals surface area contributed by atoms with Gasteiger partial charge >= 0.3 is 0 Å². The molecule has 162 valence electrons. The minimum Gasteiger partial charge on any atom is -0.423 e. The van der Waals surface area contributed by atoms with Gasteiger partial charge in [-0.15, -0.1) is 0 Å². The summed E-state index contributed by atoms with van der Waals surface area (Å²) in [5, 5.41) is 8.44. The number of hydrogen-bond acceptors (Lipinski definition) is 6. The first-order valence-electron chi connectivity index (χ1n) is 10.9. The number of benzene rings is 2. The molecule has 2 aliphatic rings.